The van der Waals surface area contributed by atoms with E-state index in [1.165, 1.54) is 0 Å². The van der Waals surface area contributed by atoms with Crippen molar-refractivity contribution in [2.24, 2.45) is 0 Å². The summed E-state index contributed by atoms with van der Waals surface area (Å²) < 4.78 is 7.57. The molecule has 132 valence electrons. The zero-order valence-corrected chi connectivity index (χ0v) is 14.3. The smallest absolute Gasteiger partial charge is 0.356 e. The second-order valence-electron chi connectivity index (χ2n) is 7.31. The highest BCUT2D eigenvalue weighted by Crippen LogP contribution is 2.45. The van der Waals surface area contributed by atoms with Crippen LogP contribution in [0.2, 0.25) is 0 Å². The highest BCUT2D eigenvalue weighted by Gasteiger charge is 2.41. The van der Waals surface area contributed by atoms with Gasteiger partial charge in [0.15, 0.2) is 11.9 Å². The van der Waals surface area contributed by atoms with Crippen molar-refractivity contribution < 1.29 is 14.6 Å². The molecule has 0 saturated carbocycles. The summed E-state index contributed by atoms with van der Waals surface area (Å²) in [4.78, 5) is 20.4. The lowest BCUT2D eigenvalue weighted by atomic mass is 9.73. The zero-order valence-electron chi connectivity index (χ0n) is 14.3. The molecule has 4 rings (SSSR count). The van der Waals surface area contributed by atoms with Gasteiger partial charge < -0.3 is 15.6 Å². The lowest BCUT2D eigenvalue weighted by Gasteiger charge is -2.32. The average molecular weight is 343 g/mol. The minimum Gasteiger partial charge on any atom is -0.476 e. The molecule has 3 heterocycles. The van der Waals surface area contributed by atoms with Gasteiger partial charge in [-0.2, -0.15) is 5.10 Å². The molecule has 0 aromatic carbocycles. The van der Waals surface area contributed by atoms with Gasteiger partial charge in [-0.1, -0.05) is 13.8 Å². The lowest BCUT2D eigenvalue weighted by Crippen LogP contribution is -2.29. The van der Waals surface area contributed by atoms with Gasteiger partial charge in [0, 0.05) is 18.4 Å². The Balaban J connectivity index is 2.01. The molecule has 1 atom stereocenters. The van der Waals surface area contributed by atoms with Gasteiger partial charge in [-0.15, -0.1) is 0 Å². The number of carboxylic acids is 1. The van der Waals surface area contributed by atoms with E-state index in [0.717, 1.165) is 24.8 Å². The number of aromatic nitrogens is 4. The van der Waals surface area contributed by atoms with Crippen molar-refractivity contribution in [2.75, 3.05) is 12.3 Å². The first-order valence-corrected chi connectivity index (χ1v) is 8.48. The van der Waals surface area contributed by atoms with E-state index in [-0.39, 0.29) is 17.9 Å². The molecule has 0 spiro atoms. The van der Waals surface area contributed by atoms with Gasteiger partial charge >= 0.3 is 5.97 Å². The quantitative estimate of drug-likeness (QED) is 0.858. The van der Waals surface area contributed by atoms with Gasteiger partial charge in [0.05, 0.1) is 11.4 Å². The average Bonchev–Trinajstić information content (AvgIpc) is 2.99. The molecule has 8 nitrogen and oxygen atoms in total. The maximum Gasteiger partial charge on any atom is 0.356 e. The van der Waals surface area contributed by atoms with Crippen LogP contribution in [0.5, 0.6) is 0 Å². The Kier molecular flexibility index (Phi) is 3.54. The van der Waals surface area contributed by atoms with Crippen molar-refractivity contribution >= 4 is 11.9 Å². The third-order valence-corrected chi connectivity index (χ3v) is 4.96. The monoisotopic (exact) mass is 343 g/mol. The molecule has 3 N–H and O–H groups in total. The number of anilines is 1. The highest BCUT2D eigenvalue weighted by atomic mass is 16.5. The van der Waals surface area contributed by atoms with E-state index in [1.54, 1.807) is 10.9 Å². The molecule has 1 unspecified atom stereocenters. The number of hydrogen-bond donors (Lipinski definition) is 2. The van der Waals surface area contributed by atoms with Crippen LogP contribution in [0.3, 0.4) is 0 Å². The Morgan fingerprint density at radius 1 is 1.44 bits per heavy atom. The van der Waals surface area contributed by atoms with Crippen LogP contribution in [0.25, 0.3) is 11.4 Å². The molecule has 1 aliphatic heterocycles. The standard InChI is InChI=1S/C17H21N5O3/c1-17(2)7-9-8-19-16(18)20-12(9)14-11(17)13(15(23)24)21-22(14)10-5-3-4-6-25-10/h8,10H,3-7H2,1-2H3,(H,23,24)(H2,18,19,20). The summed E-state index contributed by atoms with van der Waals surface area (Å²) in [5, 5.41) is 14.1. The van der Waals surface area contributed by atoms with E-state index in [1.807, 2.05) is 13.8 Å². The van der Waals surface area contributed by atoms with Crippen LogP contribution in [0.1, 0.15) is 61.0 Å². The third kappa shape index (κ3) is 2.48. The number of carboxylic acid groups (broad SMARTS) is 1. The minimum absolute atomic E-state index is 0.0667. The number of nitrogens with two attached hydrogens (primary N) is 1. The summed E-state index contributed by atoms with van der Waals surface area (Å²) in [6.45, 7) is 4.68. The fourth-order valence-electron chi connectivity index (χ4n) is 3.90. The predicted molar refractivity (Wildman–Crippen MR) is 90.2 cm³/mol. The van der Waals surface area contributed by atoms with Crippen LogP contribution < -0.4 is 5.73 Å². The SMILES string of the molecule is CC1(C)Cc2cnc(N)nc2-c2c1c(C(=O)O)nn2C1CCCCO1. The number of rotatable bonds is 2. The van der Waals surface area contributed by atoms with E-state index >= 15 is 0 Å². The lowest BCUT2D eigenvalue weighted by molar-refractivity contribution is -0.0386. The van der Waals surface area contributed by atoms with Crippen molar-refractivity contribution in [2.45, 2.75) is 51.2 Å². The Labute approximate surface area is 145 Å². The van der Waals surface area contributed by atoms with Crippen molar-refractivity contribution in [3.05, 3.63) is 23.0 Å². The van der Waals surface area contributed by atoms with Crippen molar-refractivity contribution in [1.29, 1.82) is 0 Å². The van der Waals surface area contributed by atoms with Crippen molar-refractivity contribution in [3.8, 4) is 11.4 Å². The maximum absolute atomic E-state index is 11.9. The maximum atomic E-state index is 11.9. The minimum atomic E-state index is -1.04. The fourth-order valence-corrected chi connectivity index (χ4v) is 3.90. The first-order chi connectivity index (χ1) is 11.9. The Bertz CT molecular complexity index is 852. The van der Waals surface area contributed by atoms with Crippen LogP contribution in [-0.4, -0.2) is 37.4 Å². The number of nitrogen functional groups attached to an aromatic ring is 1. The molecule has 2 aromatic rings. The molecule has 1 saturated heterocycles. The molecule has 0 bridgehead atoms. The summed E-state index contributed by atoms with van der Waals surface area (Å²) >= 11 is 0. The summed E-state index contributed by atoms with van der Waals surface area (Å²) in [6.07, 6.45) is 4.89. The van der Waals surface area contributed by atoms with Gasteiger partial charge in [-0.05, 0) is 36.7 Å². The van der Waals surface area contributed by atoms with E-state index in [2.05, 4.69) is 15.1 Å². The van der Waals surface area contributed by atoms with Crippen molar-refractivity contribution in [3.63, 3.8) is 0 Å². The van der Waals surface area contributed by atoms with Gasteiger partial charge in [-0.3, -0.25) is 0 Å². The van der Waals surface area contributed by atoms with E-state index < -0.39 is 11.4 Å². The van der Waals surface area contributed by atoms with Crippen LogP contribution in [-0.2, 0) is 16.6 Å². The molecule has 2 aliphatic rings. The van der Waals surface area contributed by atoms with Crippen molar-refractivity contribution in [1.82, 2.24) is 19.7 Å². The topological polar surface area (TPSA) is 116 Å². The van der Waals surface area contributed by atoms with Crippen LogP contribution in [0.4, 0.5) is 5.95 Å². The Morgan fingerprint density at radius 2 is 2.24 bits per heavy atom. The Morgan fingerprint density at radius 3 is 2.92 bits per heavy atom. The molecule has 1 aliphatic carbocycles. The van der Waals surface area contributed by atoms with Crippen LogP contribution in [0.15, 0.2) is 6.20 Å². The number of ether oxygens (including phenoxy) is 1. The number of nitrogens with zero attached hydrogens (tertiary/aromatic N) is 4. The summed E-state index contributed by atoms with van der Waals surface area (Å²) in [5.41, 5.74) is 8.47. The first-order valence-electron chi connectivity index (χ1n) is 8.48. The number of aromatic carboxylic acids is 1. The predicted octanol–water partition coefficient (Wildman–Crippen LogP) is 2.15. The van der Waals surface area contributed by atoms with E-state index in [0.29, 0.717) is 30.0 Å². The summed E-state index contributed by atoms with van der Waals surface area (Å²) in [5.74, 6) is -0.872. The number of carbonyl (C=O) groups is 1. The second kappa shape index (κ2) is 5.52. The highest BCUT2D eigenvalue weighted by molar-refractivity contribution is 5.91. The molecule has 1 fully saturated rings. The van der Waals surface area contributed by atoms with Crippen LogP contribution in [0, 0.1) is 0 Å². The number of fused-ring (bicyclic) bond motifs is 3. The fraction of sp³-hybridized carbons (Fsp3) is 0.529. The molecule has 2 aromatic heterocycles. The van der Waals surface area contributed by atoms with Gasteiger partial charge in [0.25, 0.3) is 0 Å². The molecular weight excluding hydrogens is 322 g/mol. The molecular formula is C17H21N5O3. The normalized spacial score (nSPS) is 21.4. The van der Waals surface area contributed by atoms with Crippen LogP contribution >= 0.6 is 0 Å². The molecule has 25 heavy (non-hydrogen) atoms. The molecule has 0 amide bonds. The zero-order chi connectivity index (χ0) is 17.8. The molecule has 0 radical (unpaired) electrons. The number of hydrogen-bond acceptors (Lipinski definition) is 6. The molecule has 8 heteroatoms. The largest absolute Gasteiger partial charge is 0.476 e. The van der Waals surface area contributed by atoms with E-state index in [9.17, 15) is 9.90 Å². The van der Waals surface area contributed by atoms with Gasteiger partial charge in [0.2, 0.25) is 5.95 Å². The third-order valence-electron chi connectivity index (χ3n) is 4.96. The van der Waals surface area contributed by atoms with E-state index in [4.69, 9.17) is 10.5 Å². The van der Waals surface area contributed by atoms with Gasteiger partial charge in [-0.25, -0.2) is 19.4 Å². The summed E-state index contributed by atoms with van der Waals surface area (Å²) in [6, 6.07) is 0. The second-order valence-corrected chi connectivity index (χ2v) is 7.31. The first kappa shape index (κ1) is 16.0. The summed E-state index contributed by atoms with van der Waals surface area (Å²) in [7, 11) is 0. The Hall–Kier alpha value is -2.48. The van der Waals surface area contributed by atoms with Gasteiger partial charge in [0.1, 0.15) is 0 Å².